The number of hydrogen-bond acceptors (Lipinski definition) is 3. The number of pyridine rings is 1. The number of halogens is 1. The molecule has 2 aromatic rings. The largest absolute Gasteiger partial charge is 0.380 e. The lowest BCUT2D eigenvalue weighted by Gasteiger charge is -2.10. The van der Waals surface area contributed by atoms with Crippen LogP contribution in [0, 0.1) is 6.92 Å². The zero-order valence-electron chi connectivity index (χ0n) is 12.7. The monoisotopic (exact) mass is 412 g/mol. The molecule has 2 rings (SSSR count). The summed E-state index contributed by atoms with van der Waals surface area (Å²) >= 11 is 0. The van der Waals surface area contributed by atoms with Crippen molar-refractivity contribution in [3.05, 3.63) is 59.4 Å². The Bertz CT molecular complexity index is 631. The number of benzene rings is 1. The number of para-hydroxylation sites is 1. The zero-order valence-corrected chi connectivity index (χ0v) is 15.1. The van der Waals surface area contributed by atoms with E-state index in [0.29, 0.717) is 19.1 Å². The Morgan fingerprint density at radius 2 is 2.00 bits per heavy atom. The summed E-state index contributed by atoms with van der Waals surface area (Å²) in [5.74, 6) is 0.363. The number of aromatic nitrogens is 1. The molecule has 5 nitrogen and oxygen atoms in total. The molecule has 1 aromatic heterocycles. The number of rotatable bonds is 5. The van der Waals surface area contributed by atoms with E-state index in [9.17, 15) is 0 Å². The van der Waals surface area contributed by atoms with Crippen molar-refractivity contribution < 1.29 is 4.74 Å². The van der Waals surface area contributed by atoms with Crippen molar-refractivity contribution >= 4 is 35.6 Å². The lowest BCUT2D eigenvalue weighted by Crippen LogP contribution is -2.23. The summed E-state index contributed by atoms with van der Waals surface area (Å²) in [6, 6.07) is 13.7. The molecule has 118 valence electrons. The number of ether oxygens (including phenoxy) is 1. The fraction of sp³-hybridized carbons (Fsp3) is 0.250. The first-order chi connectivity index (χ1) is 10.2. The molecule has 0 saturated heterocycles. The average Bonchev–Trinajstić information content (AvgIpc) is 2.48. The second-order valence-electron chi connectivity index (χ2n) is 4.69. The van der Waals surface area contributed by atoms with Crippen molar-refractivity contribution in [2.75, 3.05) is 12.4 Å². The van der Waals surface area contributed by atoms with Gasteiger partial charge in [-0.1, -0.05) is 24.3 Å². The average molecular weight is 412 g/mol. The third kappa shape index (κ3) is 5.61. The summed E-state index contributed by atoms with van der Waals surface area (Å²) < 4.78 is 5.16. The molecule has 0 bridgehead atoms. The highest BCUT2D eigenvalue weighted by molar-refractivity contribution is 14.0. The third-order valence-electron chi connectivity index (χ3n) is 2.94. The Morgan fingerprint density at radius 1 is 1.23 bits per heavy atom. The molecule has 3 N–H and O–H groups in total. The number of anilines is 1. The Morgan fingerprint density at radius 3 is 2.73 bits per heavy atom. The van der Waals surface area contributed by atoms with Gasteiger partial charge < -0.3 is 15.8 Å². The van der Waals surface area contributed by atoms with E-state index >= 15 is 0 Å². The lowest BCUT2D eigenvalue weighted by atomic mass is 10.2. The maximum atomic E-state index is 5.93. The van der Waals surface area contributed by atoms with Crippen LogP contribution in [-0.2, 0) is 17.9 Å². The van der Waals surface area contributed by atoms with Gasteiger partial charge in [-0.3, -0.25) is 4.98 Å². The summed E-state index contributed by atoms with van der Waals surface area (Å²) in [6.45, 7) is 2.93. The maximum Gasteiger partial charge on any atom is 0.193 e. The van der Waals surface area contributed by atoms with E-state index in [2.05, 4.69) is 15.3 Å². The fourth-order valence-corrected chi connectivity index (χ4v) is 1.95. The smallest absolute Gasteiger partial charge is 0.193 e. The molecule has 1 heterocycles. The van der Waals surface area contributed by atoms with Crippen LogP contribution in [0.1, 0.15) is 17.0 Å². The molecule has 0 aliphatic heterocycles. The standard InChI is InChI=1S/C16H20N4O.HI/c1-12-6-5-8-14(19-12)10-18-16(17)20-15-9-4-3-7-13(15)11-21-2;/h3-9H,10-11H2,1-2H3,(H3,17,18,20);1H. The second-order valence-corrected chi connectivity index (χ2v) is 4.69. The van der Waals surface area contributed by atoms with Crippen molar-refractivity contribution in [1.82, 2.24) is 4.98 Å². The molecule has 6 heteroatoms. The molecular weight excluding hydrogens is 391 g/mol. The Labute approximate surface area is 148 Å². The second kappa shape index (κ2) is 9.37. The summed E-state index contributed by atoms with van der Waals surface area (Å²) in [7, 11) is 1.66. The van der Waals surface area contributed by atoms with Crippen LogP contribution < -0.4 is 11.1 Å². The number of nitrogens with one attached hydrogen (secondary N) is 1. The van der Waals surface area contributed by atoms with Crippen molar-refractivity contribution in [3.63, 3.8) is 0 Å². The predicted molar refractivity (Wildman–Crippen MR) is 100 cm³/mol. The van der Waals surface area contributed by atoms with E-state index in [0.717, 1.165) is 22.6 Å². The molecule has 22 heavy (non-hydrogen) atoms. The van der Waals surface area contributed by atoms with Gasteiger partial charge >= 0.3 is 0 Å². The number of hydrogen-bond donors (Lipinski definition) is 2. The van der Waals surface area contributed by atoms with Crippen LogP contribution in [0.15, 0.2) is 47.5 Å². The summed E-state index contributed by atoms with van der Waals surface area (Å²) in [5, 5.41) is 3.10. The van der Waals surface area contributed by atoms with Crippen molar-refractivity contribution in [1.29, 1.82) is 0 Å². The van der Waals surface area contributed by atoms with Crippen molar-refractivity contribution in [3.8, 4) is 0 Å². The molecule has 0 aliphatic carbocycles. The van der Waals surface area contributed by atoms with Gasteiger partial charge in [-0.25, -0.2) is 4.99 Å². The maximum absolute atomic E-state index is 5.93. The minimum Gasteiger partial charge on any atom is -0.380 e. The van der Waals surface area contributed by atoms with Gasteiger partial charge in [0.2, 0.25) is 0 Å². The minimum atomic E-state index is 0. The first-order valence-corrected chi connectivity index (χ1v) is 6.75. The number of aliphatic imine (C=N–C) groups is 1. The lowest BCUT2D eigenvalue weighted by molar-refractivity contribution is 0.185. The molecular formula is C16H21IN4O. The number of aryl methyl sites for hydroxylation is 1. The normalized spacial score (nSPS) is 10.9. The van der Waals surface area contributed by atoms with Gasteiger partial charge in [0.05, 0.1) is 18.8 Å². The molecule has 1 aromatic carbocycles. The van der Waals surface area contributed by atoms with Gasteiger partial charge in [0.25, 0.3) is 0 Å². The minimum absolute atomic E-state index is 0. The molecule has 0 amide bonds. The van der Waals surface area contributed by atoms with Crippen LogP contribution in [0.25, 0.3) is 0 Å². The summed E-state index contributed by atoms with van der Waals surface area (Å²) in [4.78, 5) is 8.70. The molecule has 0 saturated carbocycles. The first kappa shape index (κ1) is 18.4. The van der Waals surface area contributed by atoms with Gasteiger partial charge in [0, 0.05) is 24.1 Å². The number of guanidine groups is 1. The van der Waals surface area contributed by atoms with Crippen LogP contribution >= 0.6 is 24.0 Å². The molecule has 0 fully saturated rings. The van der Waals surface area contributed by atoms with Gasteiger partial charge in [0.1, 0.15) is 0 Å². The highest BCUT2D eigenvalue weighted by Crippen LogP contribution is 2.15. The van der Waals surface area contributed by atoms with Crippen LogP contribution in [0.3, 0.4) is 0 Å². The number of nitrogens with zero attached hydrogens (tertiary/aromatic N) is 2. The Kier molecular flexibility index (Phi) is 7.83. The molecule has 0 unspecified atom stereocenters. The van der Waals surface area contributed by atoms with E-state index in [4.69, 9.17) is 10.5 Å². The van der Waals surface area contributed by atoms with E-state index in [-0.39, 0.29) is 24.0 Å². The molecule has 0 atom stereocenters. The SMILES string of the molecule is COCc1ccccc1NC(N)=NCc1cccc(C)n1.I. The highest BCUT2D eigenvalue weighted by Gasteiger charge is 2.02. The predicted octanol–water partition coefficient (Wildman–Crippen LogP) is 3.08. The van der Waals surface area contributed by atoms with Gasteiger partial charge in [-0.05, 0) is 25.1 Å². The first-order valence-electron chi connectivity index (χ1n) is 6.75. The summed E-state index contributed by atoms with van der Waals surface area (Å²) in [5.41, 5.74) is 9.73. The van der Waals surface area contributed by atoms with Crippen LogP contribution in [-0.4, -0.2) is 18.1 Å². The quantitative estimate of drug-likeness (QED) is 0.450. The molecule has 0 spiro atoms. The Hall–Kier alpha value is -1.67. The van der Waals surface area contributed by atoms with Crippen molar-refractivity contribution in [2.24, 2.45) is 10.7 Å². The van der Waals surface area contributed by atoms with Gasteiger partial charge in [-0.15, -0.1) is 24.0 Å². The van der Waals surface area contributed by atoms with E-state index in [1.54, 1.807) is 7.11 Å². The molecule has 0 aliphatic rings. The zero-order chi connectivity index (χ0) is 15.1. The van der Waals surface area contributed by atoms with Crippen LogP contribution in [0.5, 0.6) is 0 Å². The van der Waals surface area contributed by atoms with Gasteiger partial charge in [0.15, 0.2) is 5.96 Å². The van der Waals surface area contributed by atoms with E-state index < -0.39 is 0 Å². The van der Waals surface area contributed by atoms with Crippen LogP contribution in [0.4, 0.5) is 5.69 Å². The third-order valence-corrected chi connectivity index (χ3v) is 2.94. The Balaban J connectivity index is 0.00000242. The van der Waals surface area contributed by atoms with E-state index in [1.165, 1.54) is 0 Å². The number of methoxy groups -OCH3 is 1. The van der Waals surface area contributed by atoms with Crippen LogP contribution in [0.2, 0.25) is 0 Å². The highest BCUT2D eigenvalue weighted by atomic mass is 127. The van der Waals surface area contributed by atoms with E-state index in [1.807, 2.05) is 49.4 Å². The van der Waals surface area contributed by atoms with Crippen molar-refractivity contribution in [2.45, 2.75) is 20.1 Å². The summed E-state index contributed by atoms with van der Waals surface area (Å²) in [6.07, 6.45) is 0. The topological polar surface area (TPSA) is 72.5 Å². The molecule has 0 radical (unpaired) electrons. The van der Waals surface area contributed by atoms with Gasteiger partial charge in [-0.2, -0.15) is 0 Å². The fourth-order valence-electron chi connectivity index (χ4n) is 1.95. The number of nitrogens with two attached hydrogens (primary N) is 1.